The number of H-pyrrole nitrogens is 1. The number of aromatic nitrogens is 2. The van der Waals surface area contributed by atoms with Crippen molar-refractivity contribution in [3.8, 4) is 17.0 Å². The van der Waals surface area contributed by atoms with Crippen molar-refractivity contribution < 1.29 is 9.84 Å². The molecule has 3 atom stereocenters. The number of rotatable bonds is 2. The molecule has 0 radical (unpaired) electrons. The van der Waals surface area contributed by atoms with Gasteiger partial charge in [-0.1, -0.05) is 30.3 Å². The lowest BCUT2D eigenvalue weighted by atomic mass is 9.88. The highest BCUT2D eigenvalue weighted by Crippen LogP contribution is 2.43. The van der Waals surface area contributed by atoms with Crippen molar-refractivity contribution in [2.45, 2.75) is 37.4 Å². The molecule has 0 amide bonds. The van der Waals surface area contributed by atoms with Gasteiger partial charge in [0.2, 0.25) is 5.88 Å². The monoisotopic (exact) mass is 284 g/mol. The van der Waals surface area contributed by atoms with Crippen LogP contribution in [0.3, 0.4) is 0 Å². The van der Waals surface area contributed by atoms with E-state index in [-0.39, 0.29) is 35.1 Å². The summed E-state index contributed by atoms with van der Waals surface area (Å²) in [7, 11) is 0. The molecule has 0 spiro atoms. The van der Waals surface area contributed by atoms with Crippen LogP contribution in [0.25, 0.3) is 11.1 Å². The fraction of sp³-hybridized carbons (Fsp3) is 0.375. The van der Waals surface area contributed by atoms with E-state index in [9.17, 15) is 9.90 Å². The first-order valence-electron chi connectivity index (χ1n) is 7.26. The summed E-state index contributed by atoms with van der Waals surface area (Å²) in [4.78, 5) is 19.4. The van der Waals surface area contributed by atoms with E-state index in [1.54, 1.807) is 12.1 Å². The summed E-state index contributed by atoms with van der Waals surface area (Å²) in [5, 5.41) is 10.2. The molecule has 2 fully saturated rings. The molecule has 4 rings (SSSR count). The first kappa shape index (κ1) is 12.6. The molecule has 5 heteroatoms. The third kappa shape index (κ3) is 2.05. The van der Waals surface area contributed by atoms with Gasteiger partial charge in [0.25, 0.3) is 5.56 Å². The predicted molar refractivity (Wildman–Crippen MR) is 77.2 cm³/mol. The van der Waals surface area contributed by atoms with Crippen LogP contribution in [0.5, 0.6) is 5.88 Å². The Labute approximate surface area is 121 Å². The van der Waals surface area contributed by atoms with Crippen LogP contribution in [-0.2, 0) is 4.74 Å². The number of hydrogen-bond acceptors (Lipinski definition) is 4. The minimum atomic E-state index is -0.300. The standard InChI is InChI=1S/C16H16N2O3/c19-15-13(9-4-2-1-3-5-9)16(20)18-14(17-15)11-8-10-6-7-12(11)21-10/h1-5,10-12H,6-8H2,(H2,17,18,19,20). The molecule has 3 unspecified atom stereocenters. The molecule has 5 nitrogen and oxygen atoms in total. The van der Waals surface area contributed by atoms with Crippen molar-refractivity contribution in [2.75, 3.05) is 0 Å². The zero-order chi connectivity index (χ0) is 14.4. The van der Waals surface area contributed by atoms with E-state index in [1.807, 2.05) is 18.2 Å². The Kier molecular flexibility index (Phi) is 2.82. The summed E-state index contributed by atoms with van der Waals surface area (Å²) in [6.45, 7) is 0. The zero-order valence-electron chi connectivity index (χ0n) is 11.5. The lowest BCUT2D eigenvalue weighted by molar-refractivity contribution is 0.0998. The smallest absolute Gasteiger partial charge is 0.262 e. The summed E-state index contributed by atoms with van der Waals surface area (Å²) < 4.78 is 5.79. The van der Waals surface area contributed by atoms with E-state index in [0.717, 1.165) is 19.3 Å². The molecule has 0 aliphatic carbocycles. The SMILES string of the molecule is O=c1[nH]c(C2CC3CCC2O3)nc(O)c1-c1ccccc1. The van der Waals surface area contributed by atoms with Gasteiger partial charge in [-0.25, -0.2) is 0 Å². The number of nitrogens with one attached hydrogen (secondary N) is 1. The number of nitrogens with zero attached hydrogens (tertiary/aromatic N) is 1. The van der Waals surface area contributed by atoms with Gasteiger partial charge in [0.1, 0.15) is 11.4 Å². The van der Waals surface area contributed by atoms with Gasteiger partial charge in [-0.3, -0.25) is 4.79 Å². The molecule has 3 heterocycles. The Hall–Kier alpha value is -2.14. The molecule has 2 aliphatic rings. The van der Waals surface area contributed by atoms with Gasteiger partial charge in [0.15, 0.2) is 0 Å². The highest BCUT2D eigenvalue weighted by Gasteiger charge is 2.43. The second-order valence-corrected chi connectivity index (χ2v) is 5.73. The van der Waals surface area contributed by atoms with Crippen LogP contribution in [0, 0.1) is 0 Å². The minimum absolute atomic E-state index is 0.0900. The number of fused-ring (bicyclic) bond motifs is 2. The van der Waals surface area contributed by atoms with Crippen LogP contribution in [0.1, 0.15) is 31.0 Å². The molecule has 21 heavy (non-hydrogen) atoms. The third-order valence-corrected chi connectivity index (χ3v) is 4.44. The average molecular weight is 284 g/mol. The molecule has 2 aromatic rings. The molecule has 108 valence electrons. The predicted octanol–water partition coefficient (Wildman–Crippen LogP) is 2.18. The van der Waals surface area contributed by atoms with Gasteiger partial charge in [0, 0.05) is 5.92 Å². The van der Waals surface area contributed by atoms with Crippen LogP contribution in [0.2, 0.25) is 0 Å². The van der Waals surface area contributed by atoms with Gasteiger partial charge in [-0.2, -0.15) is 4.98 Å². The van der Waals surface area contributed by atoms with Gasteiger partial charge in [-0.15, -0.1) is 0 Å². The van der Waals surface area contributed by atoms with Crippen LogP contribution >= 0.6 is 0 Å². The summed E-state index contributed by atoms with van der Waals surface area (Å²) in [5.74, 6) is 0.430. The molecule has 2 N–H and O–H groups in total. The van der Waals surface area contributed by atoms with E-state index >= 15 is 0 Å². The number of benzene rings is 1. The summed E-state index contributed by atoms with van der Waals surface area (Å²) in [6.07, 6.45) is 3.36. The topological polar surface area (TPSA) is 75.2 Å². The Bertz CT molecular complexity index is 726. The fourth-order valence-electron chi connectivity index (χ4n) is 3.44. The van der Waals surface area contributed by atoms with E-state index in [2.05, 4.69) is 9.97 Å². The van der Waals surface area contributed by atoms with Crippen LogP contribution in [0.4, 0.5) is 0 Å². The van der Waals surface area contributed by atoms with Crippen molar-refractivity contribution in [1.82, 2.24) is 9.97 Å². The van der Waals surface area contributed by atoms with Crippen LogP contribution in [0.15, 0.2) is 35.1 Å². The lowest BCUT2D eigenvalue weighted by Gasteiger charge is -2.18. The minimum Gasteiger partial charge on any atom is -0.493 e. The van der Waals surface area contributed by atoms with Crippen molar-refractivity contribution >= 4 is 0 Å². The van der Waals surface area contributed by atoms with Crippen LogP contribution in [-0.4, -0.2) is 27.3 Å². The molecular weight excluding hydrogens is 268 g/mol. The maximum atomic E-state index is 12.3. The highest BCUT2D eigenvalue weighted by molar-refractivity contribution is 5.66. The van der Waals surface area contributed by atoms with Crippen molar-refractivity contribution in [3.05, 3.63) is 46.5 Å². The number of aromatic hydroxyl groups is 1. The van der Waals surface area contributed by atoms with E-state index < -0.39 is 0 Å². The molecule has 2 bridgehead atoms. The highest BCUT2D eigenvalue weighted by atomic mass is 16.5. The molecular formula is C16H16N2O3. The quantitative estimate of drug-likeness (QED) is 0.886. The summed E-state index contributed by atoms with van der Waals surface area (Å²) >= 11 is 0. The summed E-state index contributed by atoms with van der Waals surface area (Å²) in [5.41, 5.74) is 0.592. The zero-order valence-corrected chi connectivity index (χ0v) is 11.5. The third-order valence-electron chi connectivity index (χ3n) is 4.44. The van der Waals surface area contributed by atoms with Crippen molar-refractivity contribution in [1.29, 1.82) is 0 Å². The Morgan fingerprint density at radius 1 is 1.24 bits per heavy atom. The molecule has 1 aromatic heterocycles. The number of ether oxygens (including phenoxy) is 1. The maximum Gasteiger partial charge on any atom is 0.262 e. The van der Waals surface area contributed by atoms with Gasteiger partial charge < -0.3 is 14.8 Å². The van der Waals surface area contributed by atoms with Crippen molar-refractivity contribution in [2.24, 2.45) is 0 Å². The van der Waals surface area contributed by atoms with Gasteiger partial charge >= 0.3 is 0 Å². The van der Waals surface area contributed by atoms with Crippen LogP contribution < -0.4 is 5.56 Å². The summed E-state index contributed by atoms with van der Waals surface area (Å²) in [6, 6.07) is 9.08. The molecule has 1 aromatic carbocycles. The lowest BCUT2D eigenvalue weighted by Crippen LogP contribution is -2.22. The van der Waals surface area contributed by atoms with Gasteiger partial charge in [0.05, 0.1) is 12.2 Å². The first-order chi connectivity index (χ1) is 10.2. The Balaban J connectivity index is 1.75. The van der Waals surface area contributed by atoms with Crippen molar-refractivity contribution in [3.63, 3.8) is 0 Å². The fourth-order valence-corrected chi connectivity index (χ4v) is 3.44. The normalized spacial score (nSPS) is 27.1. The maximum absolute atomic E-state index is 12.3. The largest absolute Gasteiger partial charge is 0.493 e. The number of hydrogen-bond donors (Lipinski definition) is 2. The van der Waals surface area contributed by atoms with Gasteiger partial charge in [-0.05, 0) is 24.8 Å². The average Bonchev–Trinajstić information content (AvgIpc) is 3.10. The Morgan fingerprint density at radius 2 is 2.05 bits per heavy atom. The molecule has 2 aliphatic heterocycles. The molecule has 2 saturated heterocycles. The number of aromatic amines is 1. The Morgan fingerprint density at radius 3 is 2.67 bits per heavy atom. The second kappa shape index (κ2) is 4.70. The second-order valence-electron chi connectivity index (χ2n) is 5.73. The first-order valence-corrected chi connectivity index (χ1v) is 7.26. The van der Waals surface area contributed by atoms with E-state index in [1.165, 1.54) is 0 Å². The van der Waals surface area contributed by atoms with E-state index in [4.69, 9.17) is 4.74 Å². The molecule has 0 saturated carbocycles. The van der Waals surface area contributed by atoms with E-state index in [0.29, 0.717) is 11.4 Å².